The summed E-state index contributed by atoms with van der Waals surface area (Å²) < 4.78 is 47.9. The van der Waals surface area contributed by atoms with Crippen LogP contribution in [0.3, 0.4) is 0 Å². The average molecular weight is 330 g/mol. The monoisotopic (exact) mass is 330 g/mol. The largest absolute Gasteiger partial charge is 0.481 e. The molecule has 2 heterocycles. The van der Waals surface area contributed by atoms with E-state index < -0.39 is 42.7 Å². The summed E-state index contributed by atoms with van der Waals surface area (Å²) in [7, 11) is -7.01. The quantitative estimate of drug-likeness (QED) is 0.844. The van der Waals surface area contributed by atoms with Crippen LogP contribution in [0.1, 0.15) is 17.9 Å². The van der Waals surface area contributed by atoms with E-state index in [0.29, 0.717) is 5.56 Å². The van der Waals surface area contributed by atoms with Gasteiger partial charge >= 0.3 is 5.97 Å². The molecular weight excluding hydrogens is 316 g/mol. The number of aliphatic carboxylic acids is 1. The Kier molecular flexibility index (Phi) is 2.97. The molecule has 0 bridgehead atoms. The highest BCUT2D eigenvalue weighted by Crippen LogP contribution is 2.50. The van der Waals surface area contributed by atoms with Crippen LogP contribution in [-0.4, -0.2) is 45.2 Å². The molecule has 21 heavy (non-hydrogen) atoms. The molecule has 1 aromatic rings. The van der Waals surface area contributed by atoms with E-state index >= 15 is 0 Å². The fourth-order valence-electron chi connectivity index (χ4n) is 3.37. The number of carboxylic acids is 1. The molecule has 1 fully saturated rings. The van der Waals surface area contributed by atoms with E-state index in [1.165, 1.54) is 6.07 Å². The topological polar surface area (TPSA) is 106 Å². The minimum Gasteiger partial charge on any atom is -0.481 e. The Morgan fingerprint density at radius 2 is 1.86 bits per heavy atom. The zero-order chi connectivity index (χ0) is 15.5. The highest BCUT2D eigenvalue weighted by Gasteiger charge is 2.57. The van der Waals surface area contributed by atoms with Crippen molar-refractivity contribution in [3.05, 3.63) is 29.8 Å². The summed E-state index contributed by atoms with van der Waals surface area (Å²) in [6.45, 7) is 0. The lowest BCUT2D eigenvalue weighted by atomic mass is 9.72. The second-order valence-electron chi connectivity index (χ2n) is 5.68. The van der Waals surface area contributed by atoms with E-state index in [1.54, 1.807) is 18.2 Å². The van der Waals surface area contributed by atoms with Gasteiger partial charge in [-0.15, -0.1) is 0 Å². The predicted molar refractivity (Wildman–Crippen MR) is 74.6 cm³/mol. The van der Waals surface area contributed by atoms with Crippen LogP contribution in [0.5, 0.6) is 0 Å². The van der Waals surface area contributed by atoms with E-state index in [-0.39, 0.29) is 22.8 Å². The zero-order valence-electron chi connectivity index (χ0n) is 11.0. The third-order valence-electron chi connectivity index (χ3n) is 4.45. The van der Waals surface area contributed by atoms with Crippen LogP contribution >= 0.6 is 0 Å². The van der Waals surface area contributed by atoms with Gasteiger partial charge < -0.3 is 5.11 Å². The van der Waals surface area contributed by atoms with E-state index in [2.05, 4.69) is 0 Å². The molecule has 2 unspecified atom stereocenters. The normalized spacial score (nSPS) is 32.7. The van der Waals surface area contributed by atoms with Crippen molar-refractivity contribution < 1.29 is 26.7 Å². The van der Waals surface area contributed by atoms with Crippen molar-refractivity contribution in [3.63, 3.8) is 0 Å². The average Bonchev–Trinajstić information content (AvgIpc) is 2.86. The van der Waals surface area contributed by atoms with Crippen LogP contribution in [-0.2, 0) is 24.5 Å². The second-order valence-corrected chi connectivity index (χ2v) is 9.86. The van der Waals surface area contributed by atoms with Crippen molar-refractivity contribution in [2.24, 2.45) is 5.41 Å². The summed E-state index contributed by atoms with van der Waals surface area (Å²) in [6, 6.07) is 6.26. The van der Waals surface area contributed by atoms with Crippen LogP contribution in [0.4, 0.5) is 0 Å². The first-order valence-electron chi connectivity index (χ1n) is 6.43. The Labute approximate surface area is 122 Å². The molecule has 1 aromatic carbocycles. The van der Waals surface area contributed by atoms with Gasteiger partial charge in [0, 0.05) is 5.92 Å². The first kappa shape index (κ1) is 14.5. The Morgan fingerprint density at radius 3 is 2.43 bits per heavy atom. The lowest BCUT2D eigenvalue weighted by Gasteiger charge is -2.29. The third kappa shape index (κ3) is 2.08. The molecule has 2 atom stereocenters. The van der Waals surface area contributed by atoms with Crippen molar-refractivity contribution in [3.8, 4) is 0 Å². The Hall–Kier alpha value is -1.41. The van der Waals surface area contributed by atoms with Gasteiger partial charge in [0.1, 0.15) is 0 Å². The van der Waals surface area contributed by atoms with Crippen molar-refractivity contribution >= 4 is 25.6 Å². The molecule has 0 aromatic heterocycles. The molecule has 0 saturated carbocycles. The number of benzene rings is 1. The Morgan fingerprint density at radius 1 is 1.19 bits per heavy atom. The summed E-state index contributed by atoms with van der Waals surface area (Å²) in [5.74, 6) is -3.09. The highest BCUT2D eigenvalue weighted by molar-refractivity contribution is 7.92. The van der Waals surface area contributed by atoms with Gasteiger partial charge in [0.15, 0.2) is 19.7 Å². The molecule has 114 valence electrons. The Bertz CT molecular complexity index is 824. The fourth-order valence-corrected chi connectivity index (χ4v) is 7.42. The maximum atomic E-state index is 12.2. The van der Waals surface area contributed by atoms with Crippen molar-refractivity contribution in [1.82, 2.24) is 0 Å². The van der Waals surface area contributed by atoms with Crippen LogP contribution < -0.4 is 0 Å². The van der Waals surface area contributed by atoms with Gasteiger partial charge in [-0.05, 0) is 18.1 Å². The van der Waals surface area contributed by atoms with Gasteiger partial charge in [-0.25, -0.2) is 16.8 Å². The van der Waals surface area contributed by atoms with Gasteiger partial charge in [-0.2, -0.15) is 0 Å². The minimum atomic E-state index is -3.56. The summed E-state index contributed by atoms with van der Waals surface area (Å²) in [5, 5.41) is 9.59. The van der Waals surface area contributed by atoms with Gasteiger partial charge in [-0.3, -0.25) is 4.79 Å². The molecule has 0 spiro atoms. The molecule has 3 rings (SSSR count). The van der Waals surface area contributed by atoms with E-state index in [9.17, 15) is 26.7 Å². The lowest BCUT2D eigenvalue weighted by molar-refractivity contribution is -0.148. The predicted octanol–water partition coefficient (Wildman–Crippen LogP) is 0.447. The SMILES string of the molecule is O=C(O)C1(C2CS(=O)(=O)c3ccccc32)CCS(=O)(=O)C1. The van der Waals surface area contributed by atoms with Gasteiger partial charge in [0.05, 0.1) is 27.6 Å². The molecule has 0 aliphatic carbocycles. The number of carbonyl (C=O) groups is 1. The number of carboxylic acid groups (broad SMARTS) is 1. The number of fused-ring (bicyclic) bond motifs is 1. The molecule has 2 aliphatic rings. The summed E-state index contributed by atoms with van der Waals surface area (Å²) in [4.78, 5) is 11.9. The molecule has 1 N–H and O–H groups in total. The maximum absolute atomic E-state index is 12.2. The first-order chi connectivity index (χ1) is 9.68. The highest BCUT2D eigenvalue weighted by atomic mass is 32.2. The van der Waals surface area contributed by atoms with E-state index in [4.69, 9.17) is 0 Å². The summed E-state index contributed by atoms with van der Waals surface area (Å²) >= 11 is 0. The van der Waals surface area contributed by atoms with Gasteiger partial charge in [-0.1, -0.05) is 18.2 Å². The van der Waals surface area contributed by atoms with Crippen LogP contribution in [0.15, 0.2) is 29.2 Å². The molecule has 1 saturated heterocycles. The van der Waals surface area contributed by atoms with Crippen LogP contribution in [0, 0.1) is 5.41 Å². The van der Waals surface area contributed by atoms with Gasteiger partial charge in [0.25, 0.3) is 0 Å². The van der Waals surface area contributed by atoms with E-state index in [1.807, 2.05) is 0 Å². The van der Waals surface area contributed by atoms with Crippen LogP contribution in [0.25, 0.3) is 0 Å². The fraction of sp³-hybridized carbons (Fsp3) is 0.462. The van der Waals surface area contributed by atoms with Gasteiger partial charge in [0.2, 0.25) is 0 Å². The molecular formula is C13H14O6S2. The Balaban J connectivity index is 2.19. The zero-order valence-corrected chi connectivity index (χ0v) is 12.7. The molecule has 0 radical (unpaired) electrons. The van der Waals surface area contributed by atoms with Crippen LogP contribution in [0.2, 0.25) is 0 Å². The van der Waals surface area contributed by atoms with E-state index in [0.717, 1.165) is 0 Å². The third-order valence-corrected chi connectivity index (χ3v) is 8.04. The number of hydrogen-bond acceptors (Lipinski definition) is 5. The summed E-state index contributed by atoms with van der Waals surface area (Å²) in [6.07, 6.45) is -0.0425. The molecule has 2 aliphatic heterocycles. The molecule has 6 nitrogen and oxygen atoms in total. The minimum absolute atomic E-state index is 0.0425. The number of sulfone groups is 2. The van der Waals surface area contributed by atoms with Crippen molar-refractivity contribution in [1.29, 1.82) is 0 Å². The lowest BCUT2D eigenvalue weighted by Crippen LogP contribution is -2.39. The second kappa shape index (κ2) is 4.30. The van der Waals surface area contributed by atoms with Crippen molar-refractivity contribution in [2.75, 3.05) is 17.3 Å². The molecule has 8 heteroatoms. The number of hydrogen-bond donors (Lipinski definition) is 1. The maximum Gasteiger partial charge on any atom is 0.311 e. The molecule has 0 amide bonds. The van der Waals surface area contributed by atoms with Crippen molar-refractivity contribution in [2.45, 2.75) is 17.2 Å². The standard InChI is InChI=1S/C13H14O6S2/c14-12(15)13(5-6-20(16,17)8-13)10-7-21(18,19)11-4-2-1-3-9(10)11/h1-4,10H,5-8H2,(H,14,15). The first-order valence-corrected chi connectivity index (χ1v) is 9.91. The summed E-state index contributed by atoms with van der Waals surface area (Å²) in [5.41, 5.74) is -1.12. The smallest absolute Gasteiger partial charge is 0.311 e. The number of rotatable bonds is 2.